The monoisotopic (exact) mass is 215 g/mol. The second-order valence-corrected chi connectivity index (χ2v) is 4.08. The van der Waals surface area contributed by atoms with Gasteiger partial charge in [0.25, 0.3) is 6.01 Å². The van der Waals surface area contributed by atoms with Gasteiger partial charge in [-0.3, -0.25) is 0 Å². The zero-order valence-corrected chi connectivity index (χ0v) is 9.10. The normalized spacial score (nSPS) is 14.2. The molecule has 0 radical (unpaired) electrons. The second-order valence-electron chi connectivity index (χ2n) is 4.08. The van der Waals surface area contributed by atoms with E-state index in [2.05, 4.69) is 29.1 Å². The van der Waals surface area contributed by atoms with Crippen molar-refractivity contribution in [3.05, 3.63) is 30.0 Å². The third kappa shape index (κ3) is 1.34. The third-order valence-electron chi connectivity index (χ3n) is 3.02. The van der Waals surface area contributed by atoms with Gasteiger partial charge in [-0.05, 0) is 30.2 Å². The van der Waals surface area contributed by atoms with Gasteiger partial charge in [0.05, 0.1) is 6.20 Å². The van der Waals surface area contributed by atoms with Crippen LogP contribution >= 0.6 is 0 Å². The lowest BCUT2D eigenvalue weighted by atomic mass is 10.1. The number of aromatic nitrogens is 1. The van der Waals surface area contributed by atoms with Crippen LogP contribution < -0.4 is 10.6 Å². The molecule has 2 N–H and O–H groups in total. The Morgan fingerprint density at radius 3 is 3.06 bits per heavy atom. The molecule has 2 heterocycles. The van der Waals surface area contributed by atoms with E-state index in [4.69, 9.17) is 10.2 Å². The first-order valence-electron chi connectivity index (χ1n) is 5.30. The van der Waals surface area contributed by atoms with Crippen LogP contribution in [0.2, 0.25) is 0 Å². The fourth-order valence-electron chi connectivity index (χ4n) is 2.14. The van der Waals surface area contributed by atoms with Crippen molar-refractivity contribution >= 4 is 11.7 Å². The van der Waals surface area contributed by atoms with Gasteiger partial charge in [0, 0.05) is 24.8 Å². The Morgan fingerprint density at radius 2 is 2.31 bits per heavy atom. The number of fused-ring (bicyclic) bond motifs is 1. The lowest BCUT2D eigenvalue weighted by Crippen LogP contribution is -2.12. The molecule has 82 valence electrons. The van der Waals surface area contributed by atoms with Crippen LogP contribution in [0.1, 0.15) is 5.56 Å². The van der Waals surface area contributed by atoms with Crippen molar-refractivity contribution in [3.63, 3.8) is 0 Å². The summed E-state index contributed by atoms with van der Waals surface area (Å²) in [5.41, 5.74) is 9.16. The maximum Gasteiger partial charge on any atom is 0.292 e. The highest BCUT2D eigenvalue weighted by Gasteiger charge is 2.16. The Morgan fingerprint density at radius 1 is 1.44 bits per heavy atom. The van der Waals surface area contributed by atoms with Crippen LogP contribution in [-0.2, 0) is 6.42 Å². The summed E-state index contributed by atoms with van der Waals surface area (Å²) < 4.78 is 5.31. The standard InChI is InChI=1S/C12H13N3O/c1-15-5-4-8-6-9(2-3-10(8)15)11-7-14-12(13)16-11/h2-3,6-7H,4-5H2,1H3,(H2,13,14). The zero-order chi connectivity index (χ0) is 11.1. The van der Waals surface area contributed by atoms with Crippen LogP contribution in [-0.4, -0.2) is 18.6 Å². The van der Waals surface area contributed by atoms with Crippen molar-refractivity contribution in [3.8, 4) is 11.3 Å². The first-order chi connectivity index (χ1) is 7.74. The minimum Gasteiger partial charge on any atom is -0.424 e. The van der Waals surface area contributed by atoms with E-state index in [1.54, 1.807) is 6.20 Å². The van der Waals surface area contributed by atoms with Gasteiger partial charge in [-0.1, -0.05) is 0 Å². The van der Waals surface area contributed by atoms with Crippen LogP contribution in [0, 0.1) is 0 Å². The van der Waals surface area contributed by atoms with E-state index < -0.39 is 0 Å². The molecule has 0 saturated carbocycles. The van der Waals surface area contributed by atoms with E-state index in [9.17, 15) is 0 Å². The Labute approximate surface area is 93.7 Å². The summed E-state index contributed by atoms with van der Waals surface area (Å²) >= 11 is 0. The number of oxazole rings is 1. The quantitative estimate of drug-likeness (QED) is 0.789. The molecule has 0 fully saturated rings. The summed E-state index contributed by atoms with van der Waals surface area (Å²) in [4.78, 5) is 6.16. The summed E-state index contributed by atoms with van der Waals surface area (Å²) in [7, 11) is 2.11. The molecule has 0 atom stereocenters. The van der Waals surface area contributed by atoms with E-state index >= 15 is 0 Å². The minimum atomic E-state index is 0.215. The molecule has 4 heteroatoms. The van der Waals surface area contributed by atoms with Gasteiger partial charge in [0.15, 0.2) is 5.76 Å². The van der Waals surface area contributed by atoms with Gasteiger partial charge < -0.3 is 15.1 Å². The van der Waals surface area contributed by atoms with Crippen LogP contribution in [0.15, 0.2) is 28.8 Å². The maximum absolute atomic E-state index is 5.46. The van der Waals surface area contributed by atoms with Crippen LogP contribution in [0.4, 0.5) is 11.7 Å². The molecule has 0 bridgehead atoms. The van der Waals surface area contributed by atoms with Crippen molar-refractivity contribution in [2.45, 2.75) is 6.42 Å². The summed E-state index contributed by atoms with van der Waals surface area (Å²) in [5, 5.41) is 0. The molecule has 3 rings (SSSR count). The SMILES string of the molecule is CN1CCc2cc(-c3cnc(N)o3)ccc21. The van der Waals surface area contributed by atoms with E-state index in [0.29, 0.717) is 0 Å². The van der Waals surface area contributed by atoms with Gasteiger partial charge in [-0.15, -0.1) is 0 Å². The number of anilines is 2. The van der Waals surface area contributed by atoms with Gasteiger partial charge >= 0.3 is 0 Å². The molecule has 0 amide bonds. The molecule has 0 aliphatic carbocycles. The van der Waals surface area contributed by atoms with Gasteiger partial charge in [-0.2, -0.15) is 0 Å². The largest absolute Gasteiger partial charge is 0.424 e. The molecular formula is C12H13N3O. The molecule has 0 spiro atoms. The summed E-state index contributed by atoms with van der Waals surface area (Å²) in [6.07, 6.45) is 2.75. The molecule has 0 saturated heterocycles. The third-order valence-corrected chi connectivity index (χ3v) is 3.02. The predicted molar refractivity (Wildman–Crippen MR) is 63.3 cm³/mol. The number of benzene rings is 1. The first kappa shape index (κ1) is 9.27. The number of hydrogen-bond acceptors (Lipinski definition) is 4. The van der Waals surface area contributed by atoms with Crippen molar-refractivity contribution in [1.82, 2.24) is 4.98 Å². The van der Waals surface area contributed by atoms with Gasteiger partial charge in [-0.25, -0.2) is 4.98 Å². The molecular weight excluding hydrogens is 202 g/mol. The molecule has 1 aliphatic rings. The topological polar surface area (TPSA) is 55.3 Å². The lowest BCUT2D eigenvalue weighted by molar-refractivity contribution is 0.595. The Bertz CT molecular complexity index is 533. The van der Waals surface area contributed by atoms with Crippen LogP contribution in [0.25, 0.3) is 11.3 Å². The molecule has 1 aromatic heterocycles. The average Bonchev–Trinajstić information content (AvgIpc) is 2.86. The number of nitrogens with two attached hydrogens (primary N) is 1. The van der Waals surface area contributed by atoms with E-state index in [0.717, 1.165) is 24.3 Å². The Kier molecular flexibility index (Phi) is 1.89. The average molecular weight is 215 g/mol. The van der Waals surface area contributed by atoms with Crippen molar-refractivity contribution < 1.29 is 4.42 Å². The van der Waals surface area contributed by atoms with Crippen LogP contribution in [0.5, 0.6) is 0 Å². The first-order valence-corrected chi connectivity index (χ1v) is 5.30. The highest BCUT2D eigenvalue weighted by Crippen LogP contribution is 2.31. The van der Waals surface area contributed by atoms with Crippen molar-refractivity contribution in [2.75, 3.05) is 24.2 Å². The second kappa shape index (κ2) is 3.27. The van der Waals surface area contributed by atoms with E-state index in [-0.39, 0.29) is 6.01 Å². The zero-order valence-electron chi connectivity index (χ0n) is 9.10. The fraction of sp³-hybridized carbons (Fsp3) is 0.250. The Balaban J connectivity index is 2.05. The summed E-state index contributed by atoms with van der Waals surface area (Å²) in [5.74, 6) is 0.731. The lowest BCUT2D eigenvalue weighted by Gasteiger charge is -2.11. The number of likely N-dealkylation sites (N-methyl/N-ethyl adjacent to an activating group) is 1. The molecule has 0 unspecified atom stereocenters. The molecule has 16 heavy (non-hydrogen) atoms. The number of rotatable bonds is 1. The molecule has 1 aromatic carbocycles. The fourth-order valence-corrected chi connectivity index (χ4v) is 2.14. The molecule has 2 aromatic rings. The maximum atomic E-state index is 5.46. The van der Waals surface area contributed by atoms with Crippen molar-refractivity contribution in [1.29, 1.82) is 0 Å². The molecule has 4 nitrogen and oxygen atoms in total. The summed E-state index contributed by atoms with van der Waals surface area (Å²) in [6, 6.07) is 6.53. The number of nitrogens with zero attached hydrogens (tertiary/aromatic N) is 2. The van der Waals surface area contributed by atoms with Crippen molar-refractivity contribution in [2.24, 2.45) is 0 Å². The smallest absolute Gasteiger partial charge is 0.292 e. The molecule has 1 aliphatic heterocycles. The van der Waals surface area contributed by atoms with E-state index in [1.165, 1.54) is 11.3 Å². The number of hydrogen-bond donors (Lipinski definition) is 1. The number of nitrogen functional groups attached to an aromatic ring is 1. The predicted octanol–water partition coefficient (Wildman–Crippen LogP) is 1.92. The highest BCUT2D eigenvalue weighted by molar-refractivity contribution is 5.67. The van der Waals surface area contributed by atoms with Gasteiger partial charge in [0.1, 0.15) is 0 Å². The van der Waals surface area contributed by atoms with E-state index in [1.807, 2.05) is 6.07 Å². The summed E-state index contributed by atoms with van der Waals surface area (Å²) in [6.45, 7) is 1.08. The van der Waals surface area contributed by atoms with Crippen LogP contribution in [0.3, 0.4) is 0 Å². The highest BCUT2D eigenvalue weighted by atomic mass is 16.4. The van der Waals surface area contributed by atoms with Gasteiger partial charge in [0.2, 0.25) is 0 Å². The Hall–Kier alpha value is -1.97. The minimum absolute atomic E-state index is 0.215.